The zero-order chi connectivity index (χ0) is 18.8. The largest absolute Gasteiger partial charge is 0.435 e. The van der Waals surface area contributed by atoms with Crippen LogP contribution >= 0.6 is 11.6 Å². The Morgan fingerprint density at radius 1 is 0.920 bits per heavy atom. The molecule has 0 saturated heterocycles. The topological polar surface area (TPSA) is 52.6 Å². The molecule has 5 heteroatoms. The molecule has 0 amide bonds. The van der Waals surface area contributed by atoms with Gasteiger partial charge in [0.25, 0.3) is 0 Å². The molecule has 0 N–H and O–H groups in total. The number of carbonyl (C=O) groups is 2. The fourth-order valence-electron chi connectivity index (χ4n) is 2.20. The monoisotopic (exact) mass is 370 g/mol. The summed E-state index contributed by atoms with van der Waals surface area (Å²) in [6, 6.07) is 0. The first-order chi connectivity index (χ1) is 12.1. The van der Waals surface area contributed by atoms with Crippen molar-refractivity contribution in [3.05, 3.63) is 36.3 Å². The maximum atomic E-state index is 11.6. The zero-order valence-corrected chi connectivity index (χ0v) is 16.1. The van der Waals surface area contributed by atoms with Crippen LogP contribution < -0.4 is 0 Å². The minimum absolute atomic E-state index is 0.0293. The van der Waals surface area contributed by atoms with Gasteiger partial charge in [0.15, 0.2) is 0 Å². The molecule has 0 aliphatic rings. The second kappa shape index (κ2) is 17.3. The molecule has 0 saturated carbocycles. The number of rotatable bonds is 15. The average molecular weight is 371 g/mol. The van der Waals surface area contributed by atoms with Crippen LogP contribution in [0.5, 0.6) is 0 Å². The van der Waals surface area contributed by atoms with Crippen LogP contribution in [-0.2, 0) is 19.1 Å². The fraction of sp³-hybridized carbons (Fsp3) is 0.600. The summed E-state index contributed by atoms with van der Waals surface area (Å²) in [5.74, 6) is -0.723. The zero-order valence-electron chi connectivity index (χ0n) is 15.3. The van der Waals surface area contributed by atoms with Gasteiger partial charge in [0.2, 0.25) is 0 Å². The molecule has 0 rings (SSSR count). The van der Waals surface area contributed by atoms with E-state index in [-0.39, 0.29) is 12.4 Å². The highest BCUT2D eigenvalue weighted by Gasteiger charge is 2.01. The van der Waals surface area contributed by atoms with Crippen LogP contribution in [0.1, 0.15) is 77.6 Å². The second-order valence-corrected chi connectivity index (χ2v) is 6.26. The molecule has 25 heavy (non-hydrogen) atoms. The van der Waals surface area contributed by atoms with Gasteiger partial charge in [-0.1, -0.05) is 82.5 Å². The van der Waals surface area contributed by atoms with E-state index in [2.05, 4.69) is 18.2 Å². The predicted molar refractivity (Wildman–Crippen MR) is 102 cm³/mol. The molecule has 142 valence electrons. The van der Waals surface area contributed by atoms with E-state index in [0.717, 1.165) is 19.1 Å². The molecule has 0 atom stereocenters. The van der Waals surface area contributed by atoms with Crippen molar-refractivity contribution in [2.45, 2.75) is 77.6 Å². The number of allylic oxidation sites excluding steroid dienone is 2. The highest BCUT2D eigenvalue weighted by atomic mass is 35.5. The maximum absolute atomic E-state index is 11.6. The molecular weight excluding hydrogens is 340 g/mol. The van der Waals surface area contributed by atoms with Crippen molar-refractivity contribution in [1.29, 1.82) is 0 Å². The maximum Gasteiger partial charge on any atom is 0.314 e. The van der Waals surface area contributed by atoms with Gasteiger partial charge in [-0.05, 0) is 12.5 Å². The van der Waals surface area contributed by atoms with Crippen LogP contribution in [0.15, 0.2) is 36.3 Å². The van der Waals surface area contributed by atoms with Crippen LogP contribution in [0.2, 0.25) is 0 Å². The van der Waals surface area contributed by atoms with Crippen LogP contribution in [0.4, 0.5) is 0 Å². The molecular formula is C20H31ClO4. The van der Waals surface area contributed by atoms with E-state index in [1.54, 1.807) is 0 Å². The SMILES string of the molecule is C=COC(=O)CC=C(Cl)C=COC(=O)CCCCCCCCCCC. The van der Waals surface area contributed by atoms with Crippen molar-refractivity contribution in [2.24, 2.45) is 0 Å². The normalized spacial score (nSPS) is 11.5. The van der Waals surface area contributed by atoms with Crippen LogP contribution in [0, 0.1) is 0 Å². The van der Waals surface area contributed by atoms with Gasteiger partial charge in [-0.25, -0.2) is 0 Å². The van der Waals surface area contributed by atoms with Crippen molar-refractivity contribution >= 4 is 23.5 Å². The van der Waals surface area contributed by atoms with Gasteiger partial charge in [-0.15, -0.1) is 0 Å². The minimum Gasteiger partial charge on any atom is -0.435 e. The molecule has 0 aromatic rings. The predicted octanol–water partition coefficient (Wildman–Crippen LogP) is 6.16. The third-order valence-corrected chi connectivity index (χ3v) is 3.87. The van der Waals surface area contributed by atoms with E-state index in [0.29, 0.717) is 11.5 Å². The molecule has 0 fully saturated rings. The van der Waals surface area contributed by atoms with Crippen molar-refractivity contribution in [2.75, 3.05) is 0 Å². The lowest BCUT2D eigenvalue weighted by Gasteiger charge is -2.02. The van der Waals surface area contributed by atoms with Crippen LogP contribution in [-0.4, -0.2) is 11.9 Å². The second-order valence-electron chi connectivity index (χ2n) is 5.82. The van der Waals surface area contributed by atoms with Crippen molar-refractivity contribution in [3.63, 3.8) is 0 Å². The van der Waals surface area contributed by atoms with Gasteiger partial charge in [0.05, 0.1) is 18.9 Å². The number of hydrogen-bond donors (Lipinski definition) is 0. The number of esters is 2. The lowest BCUT2D eigenvalue weighted by atomic mass is 10.1. The van der Waals surface area contributed by atoms with Gasteiger partial charge >= 0.3 is 11.9 Å². The molecule has 0 aromatic carbocycles. The summed E-state index contributed by atoms with van der Waals surface area (Å²) in [6.45, 7) is 5.51. The molecule has 4 nitrogen and oxygen atoms in total. The highest BCUT2D eigenvalue weighted by molar-refractivity contribution is 6.31. The van der Waals surface area contributed by atoms with E-state index >= 15 is 0 Å². The van der Waals surface area contributed by atoms with Crippen LogP contribution in [0.25, 0.3) is 0 Å². The van der Waals surface area contributed by atoms with E-state index in [4.69, 9.17) is 16.3 Å². The Labute approximate surface area is 156 Å². The third kappa shape index (κ3) is 17.1. The van der Waals surface area contributed by atoms with Gasteiger partial charge < -0.3 is 9.47 Å². The Morgan fingerprint density at radius 3 is 2.12 bits per heavy atom. The number of halogens is 1. The smallest absolute Gasteiger partial charge is 0.314 e. The van der Waals surface area contributed by atoms with Gasteiger partial charge in [-0.2, -0.15) is 0 Å². The summed E-state index contributed by atoms with van der Waals surface area (Å²) < 4.78 is 9.51. The highest BCUT2D eigenvalue weighted by Crippen LogP contribution is 2.11. The summed E-state index contributed by atoms with van der Waals surface area (Å²) in [5, 5.41) is 0.303. The van der Waals surface area contributed by atoms with Gasteiger partial charge in [0, 0.05) is 11.5 Å². The molecule has 0 aliphatic carbocycles. The average Bonchev–Trinajstić information content (AvgIpc) is 2.59. The molecule has 0 aromatic heterocycles. The molecule has 0 radical (unpaired) electrons. The number of unbranched alkanes of at least 4 members (excludes halogenated alkanes) is 8. The minimum atomic E-state index is -0.455. The first-order valence-electron chi connectivity index (χ1n) is 9.12. The standard InChI is InChI=1S/C20H31ClO4/c1-3-5-6-7-8-9-10-11-12-13-19(22)25-17-16-18(21)14-15-20(23)24-4-2/h4,14,16-17H,2-3,5-13,15H2,1H3. The number of ether oxygens (including phenoxy) is 2. The first-order valence-corrected chi connectivity index (χ1v) is 9.50. The van der Waals surface area contributed by atoms with E-state index in [1.165, 1.54) is 63.4 Å². The molecule has 0 heterocycles. The quantitative estimate of drug-likeness (QED) is 0.150. The molecule has 0 aliphatic heterocycles. The summed E-state index contributed by atoms with van der Waals surface area (Å²) in [7, 11) is 0. The van der Waals surface area contributed by atoms with Crippen molar-refractivity contribution in [3.8, 4) is 0 Å². The fourth-order valence-corrected chi connectivity index (χ4v) is 2.33. The van der Waals surface area contributed by atoms with Crippen molar-refractivity contribution < 1.29 is 19.1 Å². The van der Waals surface area contributed by atoms with Gasteiger partial charge in [-0.3, -0.25) is 9.59 Å². The van der Waals surface area contributed by atoms with Gasteiger partial charge in [0.1, 0.15) is 0 Å². The molecule has 0 spiro atoms. The molecule has 0 bridgehead atoms. The van der Waals surface area contributed by atoms with E-state index in [1.807, 2.05) is 0 Å². The molecule has 0 unspecified atom stereocenters. The Kier molecular flexibility index (Phi) is 16.2. The summed E-state index contributed by atoms with van der Waals surface area (Å²) in [4.78, 5) is 22.6. The summed E-state index contributed by atoms with van der Waals surface area (Å²) >= 11 is 5.86. The van der Waals surface area contributed by atoms with Crippen molar-refractivity contribution in [1.82, 2.24) is 0 Å². The first kappa shape index (κ1) is 23.4. The number of carbonyl (C=O) groups excluding carboxylic acids is 2. The number of hydrogen-bond acceptors (Lipinski definition) is 4. The Balaban J connectivity index is 3.64. The third-order valence-electron chi connectivity index (χ3n) is 3.59. The van der Waals surface area contributed by atoms with E-state index < -0.39 is 5.97 Å². The summed E-state index contributed by atoms with van der Waals surface area (Å²) in [5.41, 5.74) is 0. The van der Waals surface area contributed by atoms with E-state index in [9.17, 15) is 9.59 Å². The van der Waals surface area contributed by atoms with Crippen LogP contribution in [0.3, 0.4) is 0 Å². The summed E-state index contributed by atoms with van der Waals surface area (Å²) in [6.07, 6.45) is 16.5. The Morgan fingerprint density at radius 2 is 1.52 bits per heavy atom. The lowest BCUT2D eigenvalue weighted by molar-refractivity contribution is -0.138. The Bertz CT molecular complexity index is 441. The Hall–Kier alpha value is -1.55. The lowest BCUT2D eigenvalue weighted by Crippen LogP contribution is -1.99.